The quantitative estimate of drug-likeness (QED) is 0.759. The van der Waals surface area contributed by atoms with E-state index in [9.17, 15) is 9.90 Å². The molecule has 1 saturated heterocycles. The molecule has 1 heterocycles. The largest absolute Gasteiger partial charge is 0.396 e. The number of hydrogen-bond acceptors (Lipinski definition) is 3. The average molecular weight is 240 g/mol. The molecule has 0 spiro atoms. The molecule has 4 heteroatoms. The molecule has 3 unspecified atom stereocenters. The summed E-state index contributed by atoms with van der Waals surface area (Å²) < 4.78 is 0. The first-order chi connectivity index (χ1) is 8.26. The minimum atomic E-state index is 0.150. The van der Waals surface area contributed by atoms with E-state index in [1.807, 2.05) is 4.90 Å². The summed E-state index contributed by atoms with van der Waals surface area (Å²) in [6.45, 7) is 2.44. The van der Waals surface area contributed by atoms with Crippen LogP contribution in [0.25, 0.3) is 0 Å². The van der Waals surface area contributed by atoms with Gasteiger partial charge < -0.3 is 15.7 Å². The number of nitrogens with two attached hydrogens (primary N) is 1. The van der Waals surface area contributed by atoms with Crippen LogP contribution in [0.1, 0.15) is 32.1 Å². The standard InChI is InChI=1S/C13H24N2O2/c14-7-11-4-1-5-12(11)13(17)15-6-2-3-10(8-15)9-16/h10-12,16H,1-9,14H2. The Kier molecular flexibility index (Phi) is 4.40. The van der Waals surface area contributed by atoms with Crippen LogP contribution in [0.3, 0.4) is 0 Å². The fourth-order valence-electron chi connectivity index (χ4n) is 3.29. The number of carbonyl (C=O) groups excluding carboxylic acids is 1. The molecule has 1 aliphatic heterocycles. The third-order valence-corrected chi connectivity index (χ3v) is 4.37. The van der Waals surface area contributed by atoms with Crippen molar-refractivity contribution in [2.45, 2.75) is 32.1 Å². The van der Waals surface area contributed by atoms with Gasteiger partial charge in [0, 0.05) is 25.6 Å². The lowest BCUT2D eigenvalue weighted by atomic mass is 9.92. The Bertz CT molecular complexity index is 270. The lowest BCUT2D eigenvalue weighted by Crippen LogP contribution is -2.45. The molecule has 3 N–H and O–H groups in total. The maximum atomic E-state index is 12.4. The average Bonchev–Trinajstić information content (AvgIpc) is 2.86. The van der Waals surface area contributed by atoms with E-state index in [2.05, 4.69) is 0 Å². The minimum Gasteiger partial charge on any atom is -0.396 e. The normalized spacial score (nSPS) is 34.0. The van der Waals surface area contributed by atoms with Crippen LogP contribution in [0.15, 0.2) is 0 Å². The molecule has 98 valence electrons. The molecule has 1 saturated carbocycles. The molecule has 3 atom stereocenters. The van der Waals surface area contributed by atoms with Crippen LogP contribution < -0.4 is 5.73 Å². The highest BCUT2D eigenvalue weighted by Crippen LogP contribution is 2.33. The first-order valence-corrected chi connectivity index (χ1v) is 6.86. The SMILES string of the molecule is NCC1CCCC1C(=O)N1CCCC(CO)C1. The van der Waals surface area contributed by atoms with Gasteiger partial charge in [-0.05, 0) is 44.1 Å². The summed E-state index contributed by atoms with van der Waals surface area (Å²) in [5, 5.41) is 9.20. The lowest BCUT2D eigenvalue weighted by molar-refractivity contribution is -0.138. The highest BCUT2D eigenvalue weighted by molar-refractivity contribution is 5.79. The lowest BCUT2D eigenvalue weighted by Gasteiger charge is -2.34. The van der Waals surface area contributed by atoms with E-state index in [1.165, 1.54) is 0 Å². The molecule has 2 aliphatic rings. The number of amides is 1. The maximum absolute atomic E-state index is 12.4. The van der Waals surface area contributed by atoms with Crippen molar-refractivity contribution in [1.29, 1.82) is 0 Å². The first-order valence-electron chi connectivity index (χ1n) is 6.86. The van der Waals surface area contributed by atoms with Crippen molar-refractivity contribution >= 4 is 5.91 Å². The van der Waals surface area contributed by atoms with E-state index in [4.69, 9.17) is 5.73 Å². The van der Waals surface area contributed by atoms with Crippen molar-refractivity contribution in [1.82, 2.24) is 4.90 Å². The highest BCUT2D eigenvalue weighted by Gasteiger charge is 2.35. The fraction of sp³-hybridized carbons (Fsp3) is 0.923. The molecular formula is C13H24N2O2. The van der Waals surface area contributed by atoms with Crippen LogP contribution in [0.2, 0.25) is 0 Å². The predicted octanol–water partition coefficient (Wildman–Crippen LogP) is 0.592. The molecule has 0 aromatic rings. The van der Waals surface area contributed by atoms with Crippen LogP contribution in [-0.2, 0) is 4.79 Å². The Labute approximate surface area is 103 Å². The molecule has 2 rings (SSSR count). The summed E-state index contributed by atoms with van der Waals surface area (Å²) in [5.74, 6) is 1.11. The van der Waals surface area contributed by atoms with Crippen LogP contribution in [-0.4, -0.2) is 42.2 Å². The Hall–Kier alpha value is -0.610. The Morgan fingerprint density at radius 1 is 1.29 bits per heavy atom. The zero-order valence-electron chi connectivity index (χ0n) is 10.5. The van der Waals surface area contributed by atoms with E-state index in [0.717, 1.165) is 45.2 Å². The second-order valence-corrected chi connectivity index (χ2v) is 5.51. The Morgan fingerprint density at radius 2 is 2.12 bits per heavy atom. The van der Waals surface area contributed by atoms with Crippen LogP contribution in [0.4, 0.5) is 0 Å². The van der Waals surface area contributed by atoms with Crippen molar-refractivity contribution in [2.24, 2.45) is 23.5 Å². The van der Waals surface area contributed by atoms with Gasteiger partial charge in [-0.25, -0.2) is 0 Å². The predicted molar refractivity (Wildman–Crippen MR) is 66.3 cm³/mol. The van der Waals surface area contributed by atoms with Gasteiger partial charge in [-0.1, -0.05) is 6.42 Å². The van der Waals surface area contributed by atoms with Crippen molar-refractivity contribution in [3.8, 4) is 0 Å². The Morgan fingerprint density at radius 3 is 2.82 bits per heavy atom. The van der Waals surface area contributed by atoms with Gasteiger partial charge in [0.05, 0.1) is 0 Å². The fourth-order valence-corrected chi connectivity index (χ4v) is 3.29. The van der Waals surface area contributed by atoms with Gasteiger partial charge >= 0.3 is 0 Å². The van der Waals surface area contributed by atoms with E-state index in [0.29, 0.717) is 12.5 Å². The number of piperidine rings is 1. The monoisotopic (exact) mass is 240 g/mol. The minimum absolute atomic E-state index is 0.150. The van der Waals surface area contributed by atoms with Crippen LogP contribution in [0, 0.1) is 17.8 Å². The molecule has 0 radical (unpaired) electrons. The number of aliphatic hydroxyl groups is 1. The van der Waals surface area contributed by atoms with Crippen molar-refractivity contribution in [3.63, 3.8) is 0 Å². The van der Waals surface area contributed by atoms with Gasteiger partial charge in [0.15, 0.2) is 0 Å². The summed E-state index contributed by atoms with van der Waals surface area (Å²) in [7, 11) is 0. The molecule has 17 heavy (non-hydrogen) atoms. The smallest absolute Gasteiger partial charge is 0.226 e. The number of rotatable bonds is 3. The van der Waals surface area contributed by atoms with E-state index < -0.39 is 0 Å². The van der Waals surface area contributed by atoms with Gasteiger partial charge in [-0.2, -0.15) is 0 Å². The molecular weight excluding hydrogens is 216 g/mol. The zero-order chi connectivity index (χ0) is 12.3. The second-order valence-electron chi connectivity index (χ2n) is 5.51. The summed E-state index contributed by atoms with van der Waals surface area (Å²) in [6, 6.07) is 0. The molecule has 0 bridgehead atoms. The third kappa shape index (κ3) is 2.80. The van der Waals surface area contributed by atoms with Gasteiger partial charge in [0.1, 0.15) is 0 Å². The maximum Gasteiger partial charge on any atom is 0.226 e. The second kappa shape index (κ2) is 5.83. The number of likely N-dealkylation sites (tertiary alicyclic amines) is 1. The molecule has 0 aromatic carbocycles. The zero-order valence-corrected chi connectivity index (χ0v) is 10.5. The first kappa shape index (κ1) is 12.8. The van der Waals surface area contributed by atoms with E-state index in [-0.39, 0.29) is 24.3 Å². The number of hydrogen-bond donors (Lipinski definition) is 2. The number of aliphatic hydroxyl groups excluding tert-OH is 1. The Balaban J connectivity index is 1.94. The topological polar surface area (TPSA) is 66.6 Å². The van der Waals surface area contributed by atoms with E-state index >= 15 is 0 Å². The van der Waals surface area contributed by atoms with Crippen LogP contribution >= 0.6 is 0 Å². The third-order valence-electron chi connectivity index (χ3n) is 4.37. The number of nitrogens with zero attached hydrogens (tertiary/aromatic N) is 1. The number of carbonyl (C=O) groups is 1. The molecule has 2 fully saturated rings. The van der Waals surface area contributed by atoms with E-state index in [1.54, 1.807) is 0 Å². The summed E-state index contributed by atoms with van der Waals surface area (Å²) in [4.78, 5) is 14.4. The van der Waals surface area contributed by atoms with Gasteiger partial charge in [0.2, 0.25) is 5.91 Å². The van der Waals surface area contributed by atoms with Gasteiger partial charge in [-0.3, -0.25) is 4.79 Å². The molecule has 4 nitrogen and oxygen atoms in total. The summed E-state index contributed by atoms with van der Waals surface area (Å²) in [5.41, 5.74) is 5.73. The molecule has 1 aliphatic carbocycles. The summed E-state index contributed by atoms with van der Waals surface area (Å²) in [6.07, 6.45) is 5.31. The molecule has 0 aromatic heterocycles. The van der Waals surface area contributed by atoms with Crippen molar-refractivity contribution < 1.29 is 9.90 Å². The molecule has 1 amide bonds. The summed E-state index contributed by atoms with van der Waals surface area (Å²) >= 11 is 0. The van der Waals surface area contributed by atoms with Gasteiger partial charge in [0.25, 0.3) is 0 Å². The van der Waals surface area contributed by atoms with Crippen molar-refractivity contribution in [2.75, 3.05) is 26.2 Å². The highest BCUT2D eigenvalue weighted by atomic mass is 16.3. The van der Waals surface area contributed by atoms with Crippen LogP contribution in [0.5, 0.6) is 0 Å². The van der Waals surface area contributed by atoms with Gasteiger partial charge in [-0.15, -0.1) is 0 Å². The van der Waals surface area contributed by atoms with Crippen molar-refractivity contribution in [3.05, 3.63) is 0 Å².